The lowest BCUT2D eigenvalue weighted by atomic mass is 9.98. The maximum atomic E-state index is 6.25. The molecule has 0 saturated carbocycles. The van der Waals surface area contributed by atoms with Crippen LogP contribution in [0.5, 0.6) is 0 Å². The van der Waals surface area contributed by atoms with Crippen LogP contribution in [0.25, 0.3) is 0 Å². The van der Waals surface area contributed by atoms with E-state index in [-0.39, 0.29) is 0 Å². The minimum absolute atomic E-state index is 0.547. The Morgan fingerprint density at radius 1 is 1.37 bits per heavy atom. The monoisotopic (exact) mass is 303 g/mol. The maximum absolute atomic E-state index is 6.25. The lowest BCUT2D eigenvalue weighted by Gasteiger charge is -2.33. The molecular weight excluding hydrogens is 285 g/mol. The van der Waals surface area contributed by atoms with Crippen molar-refractivity contribution in [2.45, 2.75) is 12.8 Å². The first-order valence-electron chi connectivity index (χ1n) is 6.43. The van der Waals surface area contributed by atoms with E-state index >= 15 is 0 Å². The molecule has 1 aromatic rings. The molecule has 2 heterocycles. The summed E-state index contributed by atoms with van der Waals surface area (Å²) in [5.41, 5.74) is 0. The van der Waals surface area contributed by atoms with Gasteiger partial charge < -0.3 is 15.0 Å². The fraction of sp³-hybridized carbons (Fsp3) is 0.615. The Morgan fingerprint density at radius 2 is 2.05 bits per heavy atom. The first-order valence-corrected chi connectivity index (χ1v) is 7.19. The summed E-state index contributed by atoms with van der Waals surface area (Å²) in [7, 11) is 3.56. The number of hydrogen-bond acceptors (Lipinski definition) is 4. The van der Waals surface area contributed by atoms with E-state index in [1.54, 1.807) is 20.2 Å². The summed E-state index contributed by atoms with van der Waals surface area (Å²) in [5.74, 6) is 2.11. The highest BCUT2D eigenvalue weighted by atomic mass is 35.5. The van der Waals surface area contributed by atoms with E-state index in [4.69, 9.17) is 27.9 Å². The van der Waals surface area contributed by atoms with Crippen molar-refractivity contribution in [2.75, 3.05) is 44.1 Å². The standard InChI is InChI=1S/C13H19Cl2N3O/c1-16-12-10(14)7-11(15)13(17-12)18-5-3-9(4-6-18)8-19-2/h7,9H,3-6,8H2,1-2H3,(H,16,17). The van der Waals surface area contributed by atoms with E-state index in [2.05, 4.69) is 15.2 Å². The van der Waals surface area contributed by atoms with Crippen LogP contribution in [0.1, 0.15) is 12.8 Å². The van der Waals surface area contributed by atoms with Crippen molar-refractivity contribution >= 4 is 34.8 Å². The number of piperidine rings is 1. The van der Waals surface area contributed by atoms with Gasteiger partial charge in [-0.2, -0.15) is 0 Å². The van der Waals surface area contributed by atoms with Gasteiger partial charge in [-0.25, -0.2) is 4.98 Å². The van der Waals surface area contributed by atoms with Gasteiger partial charge in [-0.3, -0.25) is 0 Å². The fourth-order valence-corrected chi connectivity index (χ4v) is 2.97. The second-order valence-corrected chi connectivity index (χ2v) is 5.57. The number of nitrogens with zero attached hydrogens (tertiary/aromatic N) is 2. The van der Waals surface area contributed by atoms with Crippen LogP contribution in [0.15, 0.2) is 6.07 Å². The summed E-state index contributed by atoms with van der Waals surface area (Å²) in [6.07, 6.45) is 2.20. The molecule has 0 spiro atoms. The molecule has 0 aromatic carbocycles. The second kappa shape index (κ2) is 6.64. The molecule has 1 fully saturated rings. The van der Waals surface area contributed by atoms with Crippen molar-refractivity contribution in [3.05, 3.63) is 16.1 Å². The third-order valence-electron chi connectivity index (χ3n) is 3.46. The molecule has 6 heteroatoms. The molecule has 106 valence electrons. The van der Waals surface area contributed by atoms with Gasteiger partial charge in [0.15, 0.2) is 0 Å². The summed E-state index contributed by atoms with van der Waals surface area (Å²) < 4.78 is 5.21. The lowest BCUT2D eigenvalue weighted by Crippen LogP contribution is -2.35. The van der Waals surface area contributed by atoms with E-state index in [1.165, 1.54) is 0 Å². The van der Waals surface area contributed by atoms with Crippen LogP contribution in [-0.4, -0.2) is 38.8 Å². The molecule has 1 aromatic heterocycles. The number of aromatic nitrogens is 1. The Kier molecular flexibility index (Phi) is 5.13. The van der Waals surface area contributed by atoms with Gasteiger partial charge in [0.1, 0.15) is 11.6 Å². The van der Waals surface area contributed by atoms with Crippen molar-refractivity contribution in [3.63, 3.8) is 0 Å². The Morgan fingerprint density at radius 3 is 2.63 bits per heavy atom. The molecule has 0 radical (unpaired) electrons. The van der Waals surface area contributed by atoms with Crippen LogP contribution in [0.3, 0.4) is 0 Å². The van der Waals surface area contributed by atoms with E-state index in [0.29, 0.717) is 21.8 Å². The number of hydrogen-bond donors (Lipinski definition) is 1. The largest absolute Gasteiger partial charge is 0.384 e. The molecule has 1 saturated heterocycles. The molecule has 1 aliphatic rings. The van der Waals surface area contributed by atoms with Crippen LogP contribution in [0.4, 0.5) is 11.6 Å². The third-order valence-corrected chi connectivity index (χ3v) is 4.03. The number of anilines is 2. The highest BCUT2D eigenvalue weighted by Gasteiger charge is 2.22. The molecule has 2 rings (SSSR count). The molecular formula is C13H19Cl2N3O. The molecule has 0 amide bonds. The van der Waals surface area contributed by atoms with Crippen molar-refractivity contribution in [1.82, 2.24) is 4.98 Å². The van der Waals surface area contributed by atoms with Gasteiger partial charge >= 0.3 is 0 Å². The van der Waals surface area contributed by atoms with Gasteiger partial charge in [-0.1, -0.05) is 23.2 Å². The smallest absolute Gasteiger partial charge is 0.149 e. The normalized spacial score (nSPS) is 16.7. The van der Waals surface area contributed by atoms with Crippen LogP contribution in [0, 0.1) is 5.92 Å². The van der Waals surface area contributed by atoms with Gasteiger partial charge in [0, 0.05) is 33.9 Å². The zero-order chi connectivity index (χ0) is 13.8. The Balaban J connectivity index is 2.11. The Hall–Kier alpha value is -0.710. The number of halogens is 2. The molecule has 0 bridgehead atoms. The number of rotatable bonds is 4. The number of pyridine rings is 1. The summed E-state index contributed by atoms with van der Waals surface area (Å²) in [5, 5.41) is 4.14. The lowest BCUT2D eigenvalue weighted by molar-refractivity contribution is 0.139. The molecule has 19 heavy (non-hydrogen) atoms. The van der Waals surface area contributed by atoms with Crippen LogP contribution in [-0.2, 0) is 4.74 Å². The molecule has 0 aliphatic carbocycles. The van der Waals surface area contributed by atoms with Gasteiger partial charge in [0.2, 0.25) is 0 Å². The first-order chi connectivity index (χ1) is 9.15. The molecule has 0 atom stereocenters. The van der Waals surface area contributed by atoms with Crippen molar-refractivity contribution < 1.29 is 4.74 Å². The highest BCUT2D eigenvalue weighted by Crippen LogP contribution is 2.33. The predicted octanol–water partition coefficient (Wildman–Crippen LogP) is 3.29. The Labute approximate surface area is 124 Å². The summed E-state index contributed by atoms with van der Waals surface area (Å²) in [6, 6.07) is 1.75. The fourth-order valence-electron chi connectivity index (χ4n) is 2.40. The van der Waals surface area contributed by atoms with E-state index < -0.39 is 0 Å². The minimum atomic E-state index is 0.547. The van der Waals surface area contributed by atoms with Gasteiger partial charge in [0.05, 0.1) is 10.0 Å². The molecule has 1 N–H and O–H groups in total. The van der Waals surface area contributed by atoms with E-state index in [0.717, 1.165) is 38.4 Å². The van der Waals surface area contributed by atoms with Crippen molar-refractivity contribution in [2.24, 2.45) is 5.92 Å². The third kappa shape index (κ3) is 3.44. The topological polar surface area (TPSA) is 37.4 Å². The van der Waals surface area contributed by atoms with Gasteiger partial charge in [-0.05, 0) is 24.8 Å². The first kappa shape index (κ1) is 14.7. The average molecular weight is 304 g/mol. The maximum Gasteiger partial charge on any atom is 0.149 e. The van der Waals surface area contributed by atoms with Gasteiger partial charge in [-0.15, -0.1) is 0 Å². The minimum Gasteiger partial charge on any atom is -0.384 e. The van der Waals surface area contributed by atoms with E-state index in [1.807, 2.05) is 0 Å². The SMILES string of the molecule is CNc1nc(N2CCC(COC)CC2)c(Cl)cc1Cl. The van der Waals surface area contributed by atoms with Crippen molar-refractivity contribution in [1.29, 1.82) is 0 Å². The van der Waals surface area contributed by atoms with Crippen LogP contribution < -0.4 is 10.2 Å². The summed E-state index contributed by atoms with van der Waals surface area (Å²) in [6.45, 7) is 2.73. The second-order valence-electron chi connectivity index (χ2n) is 4.76. The van der Waals surface area contributed by atoms with Crippen molar-refractivity contribution in [3.8, 4) is 0 Å². The Bertz CT molecular complexity index is 434. The zero-order valence-corrected chi connectivity index (χ0v) is 12.8. The van der Waals surface area contributed by atoms with Gasteiger partial charge in [0.25, 0.3) is 0 Å². The average Bonchev–Trinajstić information content (AvgIpc) is 2.41. The van der Waals surface area contributed by atoms with Crippen LogP contribution in [0.2, 0.25) is 10.0 Å². The molecule has 4 nitrogen and oxygen atoms in total. The number of nitrogens with one attached hydrogen (secondary N) is 1. The zero-order valence-electron chi connectivity index (χ0n) is 11.2. The number of ether oxygens (including phenoxy) is 1. The molecule has 1 aliphatic heterocycles. The van der Waals surface area contributed by atoms with E-state index in [9.17, 15) is 0 Å². The quantitative estimate of drug-likeness (QED) is 0.926. The summed E-state index contributed by atoms with van der Waals surface area (Å²) in [4.78, 5) is 6.72. The predicted molar refractivity (Wildman–Crippen MR) is 80.6 cm³/mol. The highest BCUT2D eigenvalue weighted by molar-refractivity contribution is 6.37. The summed E-state index contributed by atoms with van der Waals surface area (Å²) >= 11 is 12.3. The number of methoxy groups -OCH3 is 1. The molecule has 0 unspecified atom stereocenters. The van der Waals surface area contributed by atoms with Crippen LogP contribution >= 0.6 is 23.2 Å².